The predicted molar refractivity (Wildman–Crippen MR) is 64.5 cm³/mol. The minimum absolute atomic E-state index is 0.0651. The van der Waals surface area contributed by atoms with Gasteiger partial charge in [0.2, 0.25) is 0 Å². The quantitative estimate of drug-likeness (QED) is 0.869. The van der Waals surface area contributed by atoms with Crippen LogP contribution in [0.1, 0.15) is 18.4 Å². The number of ether oxygens (including phenoxy) is 1. The molecule has 0 fully saturated rings. The Morgan fingerprint density at radius 1 is 1.65 bits per heavy atom. The van der Waals surface area contributed by atoms with Crippen LogP contribution < -0.4 is 4.74 Å². The number of hydrogen-bond acceptors (Lipinski definition) is 4. The van der Waals surface area contributed by atoms with E-state index in [0.29, 0.717) is 9.98 Å². The van der Waals surface area contributed by atoms with Gasteiger partial charge in [-0.2, -0.15) is 0 Å². The van der Waals surface area contributed by atoms with E-state index < -0.39 is 11.9 Å². The van der Waals surface area contributed by atoms with Crippen molar-refractivity contribution in [2.75, 3.05) is 6.61 Å². The van der Waals surface area contributed by atoms with Gasteiger partial charge < -0.3 is 9.84 Å². The molecule has 17 heavy (non-hydrogen) atoms. The number of nitrogens with zero attached hydrogens (tertiary/aromatic N) is 1. The van der Waals surface area contributed by atoms with Gasteiger partial charge in [0, 0.05) is 17.5 Å². The van der Waals surface area contributed by atoms with Crippen molar-refractivity contribution in [3.63, 3.8) is 0 Å². The van der Waals surface area contributed by atoms with Crippen LogP contribution in [0.4, 0.5) is 4.39 Å². The molecule has 1 aliphatic heterocycles. The molecule has 1 aromatic carbocycles. The molecule has 1 N–H and O–H groups in total. The molecule has 1 aliphatic rings. The summed E-state index contributed by atoms with van der Waals surface area (Å²) in [5.74, 6) is -0.286. The van der Waals surface area contributed by atoms with Crippen LogP contribution in [-0.4, -0.2) is 22.8 Å². The Morgan fingerprint density at radius 2 is 2.41 bits per heavy atom. The van der Waals surface area contributed by atoms with E-state index in [4.69, 9.17) is 16.3 Å². The third kappa shape index (κ3) is 1.53. The number of aliphatic hydroxyl groups is 1. The zero-order valence-corrected chi connectivity index (χ0v) is 10.5. The van der Waals surface area contributed by atoms with Crippen molar-refractivity contribution in [3.05, 3.63) is 21.9 Å². The van der Waals surface area contributed by atoms with Crippen LogP contribution in [0.5, 0.6) is 5.75 Å². The third-order valence-corrected chi connectivity index (χ3v) is 4.27. The zero-order valence-electron chi connectivity index (χ0n) is 8.91. The summed E-state index contributed by atoms with van der Waals surface area (Å²) in [6.07, 6.45) is -0.397. The molecule has 0 spiro atoms. The summed E-state index contributed by atoms with van der Waals surface area (Å²) >= 11 is 7.16. The summed E-state index contributed by atoms with van der Waals surface area (Å²) in [4.78, 5) is 4.06. The van der Waals surface area contributed by atoms with Gasteiger partial charge in [-0.3, -0.25) is 0 Å². The topological polar surface area (TPSA) is 42.4 Å². The molecular formula is C11H9ClFNO2S. The maximum absolute atomic E-state index is 13.8. The first-order valence-corrected chi connectivity index (χ1v) is 6.37. The van der Waals surface area contributed by atoms with Gasteiger partial charge in [0.05, 0.1) is 16.8 Å². The highest BCUT2D eigenvalue weighted by atomic mass is 35.5. The first kappa shape index (κ1) is 11.2. The van der Waals surface area contributed by atoms with Crippen molar-refractivity contribution in [2.45, 2.75) is 18.9 Å². The zero-order chi connectivity index (χ0) is 12.2. The molecule has 0 saturated carbocycles. The van der Waals surface area contributed by atoms with Gasteiger partial charge >= 0.3 is 0 Å². The van der Waals surface area contributed by atoms with E-state index in [2.05, 4.69) is 4.98 Å². The first-order chi connectivity index (χ1) is 8.11. The van der Waals surface area contributed by atoms with Crippen LogP contribution in [0, 0.1) is 5.82 Å². The van der Waals surface area contributed by atoms with Crippen molar-refractivity contribution in [1.82, 2.24) is 4.98 Å². The lowest BCUT2D eigenvalue weighted by Crippen LogP contribution is -2.21. The Labute approximate surface area is 106 Å². The van der Waals surface area contributed by atoms with E-state index in [1.165, 1.54) is 17.4 Å². The van der Waals surface area contributed by atoms with E-state index in [0.717, 1.165) is 10.3 Å². The Morgan fingerprint density at radius 3 is 3.12 bits per heavy atom. The highest BCUT2D eigenvalue weighted by Gasteiger charge is 2.35. The number of aromatic nitrogens is 1. The summed E-state index contributed by atoms with van der Waals surface area (Å²) in [5, 5.41) is 9.19. The van der Waals surface area contributed by atoms with Crippen molar-refractivity contribution in [1.29, 1.82) is 0 Å². The maximum Gasteiger partial charge on any atom is 0.184 e. The molecule has 0 radical (unpaired) electrons. The van der Waals surface area contributed by atoms with Gasteiger partial charge in [-0.25, -0.2) is 9.37 Å². The molecule has 0 amide bonds. The summed E-state index contributed by atoms with van der Waals surface area (Å²) < 4.78 is 20.5. The SMILES string of the molecule is C[C@H]1c2c(c(F)cc3nc(Cl)sc23)O[C@@H]1CO. The number of aliphatic hydroxyl groups excluding tert-OH is 1. The van der Waals surface area contributed by atoms with Gasteiger partial charge in [0.15, 0.2) is 16.0 Å². The smallest absolute Gasteiger partial charge is 0.184 e. The van der Waals surface area contributed by atoms with E-state index in [9.17, 15) is 9.50 Å². The van der Waals surface area contributed by atoms with E-state index in [1.807, 2.05) is 6.92 Å². The average molecular weight is 274 g/mol. The summed E-state index contributed by atoms with van der Waals surface area (Å²) in [5.41, 5.74) is 1.31. The fourth-order valence-corrected chi connectivity index (χ4v) is 3.41. The van der Waals surface area contributed by atoms with Gasteiger partial charge in [-0.1, -0.05) is 18.5 Å². The third-order valence-electron chi connectivity index (χ3n) is 3.06. The lowest BCUT2D eigenvalue weighted by atomic mass is 9.97. The monoisotopic (exact) mass is 273 g/mol. The largest absolute Gasteiger partial charge is 0.484 e. The molecule has 2 heterocycles. The predicted octanol–water partition coefficient (Wildman–Crippen LogP) is 2.95. The molecule has 3 rings (SSSR count). The average Bonchev–Trinajstić information content (AvgIpc) is 2.79. The summed E-state index contributed by atoms with van der Waals surface area (Å²) in [7, 11) is 0. The molecule has 0 saturated heterocycles. The molecule has 0 unspecified atom stereocenters. The highest BCUT2D eigenvalue weighted by molar-refractivity contribution is 7.22. The number of hydrogen-bond donors (Lipinski definition) is 1. The van der Waals surface area contributed by atoms with Crippen LogP contribution in [0.2, 0.25) is 4.47 Å². The van der Waals surface area contributed by atoms with Gasteiger partial charge in [-0.15, -0.1) is 11.3 Å². The number of rotatable bonds is 1. The second-order valence-electron chi connectivity index (χ2n) is 4.04. The van der Waals surface area contributed by atoms with Crippen LogP contribution in [-0.2, 0) is 0 Å². The molecule has 6 heteroatoms. The summed E-state index contributed by atoms with van der Waals surface area (Å²) in [6, 6.07) is 1.32. The van der Waals surface area contributed by atoms with Crippen molar-refractivity contribution >= 4 is 33.2 Å². The number of fused-ring (bicyclic) bond motifs is 3. The Balaban J connectivity index is 2.31. The second-order valence-corrected chi connectivity index (χ2v) is 5.63. The highest BCUT2D eigenvalue weighted by Crippen LogP contribution is 2.46. The van der Waals surface area contributed by atoms with Gasteiger partial charge in [0.1, 0.15) is 6.10 Å². The fraction of sp³-hybridized carbons (Fsp3) is 0.364. The number of benzene rings is 1. The van der Waals surface area contributed by atoms with E-state index in [-0.39, 0.29) is 18.3 Å². The van der Waals surface area contributed by atoms with Crippen LogP contribution in [0.25, 0.3) is 10.2 Å². The molecular weight excluding hydrogens is 265 g/mol. The van der Waals surface area contributed by atoms with Crippen LogP contribution in [0.3, 0.4) is 0 Å². The number of halogens is 2. The molecule has 1 aromatic heterocycles. The maximum atomic E-state index is 13.8. The van der Waals surface area contributed by atoms with Gasteiger partial charge in [0.25, 0.3) is 0 Å². The van der Waals surface area contributed by atoms with Crippen molar-refractivity contribution in [3.8, 4) is 5.75 Å². The van der Waals surface area contributed by atoms with Crippen molar-refractivity contribution in [2.24, 2.45) is 0 Å². The first-order valence-electron chi connectivity index (χ1n) is 5.17. The van der Waals surface area contributed by atoms with Crippen LogP contribution >= 0.6 is 22.9 Å². The standard InChI is InChI=1S/C11H9ClFNO2S/c1-4-7(3-15)16-9-5(13)2-6-10(8(4)9)17-11(12)14-6/h2,4,7,15H,3H2,1H3/t4-,7-/m1/s1. The molecule has 0 bridgehead atoms. The fourth-order valence-electron chi connectivity index (χ4n) is 2.18. The molecule has 3 nitrogen and oxygen atoms in total. The second kappa shape index (κ2) is 3.80. The van der Waals surface area contributed by atoms with Crippen LogP contribution in [0.15, 0.2) is 6.07 Å². The van der Waals surface area contributed by atoms with E-state index >= 15 is 0 Å². The Bertz CT molecular complexity index is 601. The molecule has 2 atom stereocenters. The minimum atomic E-state index is -0.447. The lowest BCUT2D eigenvalue weighted by molar-refractivity contribution is 0.117. The normalized spacial score (nSPS) is 22.8. The molecule has 90 valence electrons. The minimum Gasteiger partial charge on any atom is -0.484 e. The number of thiazole rings is 1. The Hall–Kier alpha value is -0.910. The van der Waals surface area contributed by atoms with E-state index in [1.54, 1.807) is 0 Å². The lowest BCUT2D eigenvalue weighted by Gasteiger charge is -2.10. The molecule has 2 aromatic rings. The van der Waals surface area contributed by atoms with Gasteiger partial charge in [-0.05, 0) is 0 Å². The molecule has 0 aliphatic carbocycles. The summed E-state index contributed by atoms with van der Waals surface area (Å²) in [6.45, 7) is 1.77. The Kier molecular flexibility index (Phi) is 2.50. The van der Waals surface area contributed by atoms with Crippen molar-refractivity contribution < 1.29 is 14.2 Å².